The molecule has 1 aromatic rings. The molecule has 90 valence electrons. The number of rotatable bonds is 3. The highest BCUT2D eigenvalue weighted by Gasteiger charge is 2.21. The van der Waals surface area contributed by atoms with Gasteiger partial charge in [0.25, 0.3) is 5.69 Å². The Hall–Kier alpha value is -1.91. The number of carbonyl (C=O) groups is 1. The SMILES string of the molecule is O=C(OC1CCCC1)c1cccc([N+](=O)[O-])c1. The van der Waals surface area contributed by atoms with Crippen LogP contribution in [-0.4, -0.2) is 17.0 Å². The number of esters is 1. The number of carbonyl (C=O) groups excluding carboxylic acids is 1. The van der Waals surface area contributed by atoms with Crippen LogP contribution in [0.25, 0.3) is 0 Å². The molecule has 0 unspecified atom stereocenters. The molecule has 0 amide bonds. The van der Waals surface area contributed by atoms with Crippen LogP contribution in [0.4, 0.5) is 5.69 Å². The lowest BCUT2D eigenvalue weighted by Crippen LogP contribution is -2.14. The van der Waals surface area contributed by atoms with Gasteiger partial charge in [-0.05, 0) is 31.7 Å². The summed E-state index contributed by atoms with van der Waals surface area (Å²) in [5.41, 5.74) is 0.150. The van der Waals surface area contributed by atoms with E-state index in [0.717, 1.165) is 25.7 Å². The molecule has 0 aliphatic heterocycles. The monoisotopic (exact) mass is 235 g/mol. The van der Waals surface area contributed by atoms with E-state index in [1.54, 1.807) is 0 Å². The van der Waals surface area contributed by atoms with Crippen molar-refractivity contribution in [3.63, 3.8) is 0 Å². The zero-order valence-corrected chi connectivity index (χ0v) is 9.30. The summed E-state index contributed by atoms with van der Waals surface area (Å²) in [6, 6.07) is 5.62. The van der Waals surface area contributed by atoms with Gasteiger partial charge < -0.3 is 4.74 Å². The summed E-state index contributed by atoms with van der Waals surface area (Å²) in [5.74, 6) is -0.472. The van der Waals surface area contributed by atoms with Crippen LogP contribution in [0.15, 0.2) is 24.3 Å². The first kappa shape index (κ1) is 11.6. The van der Waals surface area contributed by atoms with Crippen LogP contribution in [0.5, 0.6) is 0 Å². The summed E-state index contributed by atoms with van der Waals surface area (Å²) < 4.78 is 5.27. The van der Waals surface area contributed by atoms with E-state index in [9.17, 15) is 14.9 Å². The minimum absolute atomic E-state index is 0.0261. The van der Waals surface area contributed by atoms with E-state index < -0.39 is 10.9 Å². The van der Waals surface area contributed by atoms with Crippen LogP contribution in [0.1, 0.15) is 36.0 Å². The number of ether oxygens (including phenoxy) is 1. The number of non-ortho nitro benzene ring substituents is 1. The fourth-order valence-corrected chi connectivity index (χ4v) is 1.97. The minimum Gasteiger partial charge on any atom is -0.459 e. The lowest BCUT2D eigenvalue weighted by molar-refractivity contribution is -0.384. The van der Waals surface area contributed by atoms with Gasteiger partial charge in [0.2, 0.25) is 0 Å². The summed E-state index contributed by atoms with van der Waals surface area (Å²) >= 11 is 0. The van der Waals surface area contributed by atoms with E-state index in [-0.39, 0.29) is 17.4 Å². The summed E-state index contributed by atoms with van der Waals surface area (Å²) in [6.07, 6.45) is 3.91. The van der Waals surface area contributed by atoms with Crippen molar-refractivity contribution in [3.8, 4) is 0 Å². The van der Waals surface area contributed by atoms with Crippen molar-refractivity contribution in [2.45, 2.75) is 31.8 Å². The van der Waals surface area contributed by atoms with E-state index in [1.807, 2.05) is 0 Å². The zero-order chi connectivity index (χ0) is 12.3. The maximum Gasteiger partial charge on any atom is 0.338 e. The van der Waals surface area contributed by atoms with Crippen LogP contribution < -0.4 is 0 Å². The van der Waals surface area contributed by atoms with E-state index in [1.165, 1.54) is 24.3 Å². The quantitative estimate of drug-likeness (QED) is 0.459. The second-order valence-electron chi connectivity index (χ2n) is 4.12. The molecule has 0 heterocycles. The first-order valence-electron chi connectivity index (χ1n) is 5.62. The van der Waals surface area contributed by atoms with Gasteiger partial charge in [-0.25, -0.2) is 4.79 Å². The van der Waals surface area contributed by atoms with E-state index in [0.29, 0.717) is 0 Å². The van der Waals surface area contributed by atoms with Gasteiger partial charge >= 0.3 is 5.97 Å². The second kappa shape index (κ2) is 4.95. The van der Waals surface area contributed by atoms with Gasteiger partial charge in [0.05, 0.1) is 10.5 Å². The molecule has 0 saturated heterocycles. The molecule has 0 aromatic heterocycles. The molecule has 1 aliphatic carbocycles. The Bertz CT molecular complexity index is 438. The molecule has 0 N–H and O–H groups in total. The summed E-state index contributed by atoms with van der Waals surface area (Å²) in [7, 11) is 0. The van der Waals surface area contributed by atoms with E-state index in [2.05, 4.69) is 0 Å². The van der Waals surface area contributed by atoms with Crippen molar-refractivity contribution >= 4 is 11.7 Å². The third-order valence-electron chi connectivity index (χ3n) is 2.87. The van der Waals surface area contributed by atoms with Gasteiger partial charge in [0.1, 0.15) is 6.10 Å². The first-order chi connectivity index (χ1) is 8.16. The highest BCUT2D eigenvalue weighted by molar-refractivity contribution is 5.90. The van der Waals surface area contributed by atoms with Gasteiger partial charge in [-0.1, -0.05) is 6.07 Å². The highest BCUT2D eigenvalue weighted by atomic mass is 16.6. The number of benzene rings is 1. The zero-order valence-electron chi connectivity index (χ0n) is 9.30. The fraction of sp³-hybridized carbons (Fsp3) is 0.417. The molecule has 1 fully saturated rings. The second-order valence-corrected chi connectivity index (χ2v) is 4.12. The molecule has 17 heavy (non-hydrogen) atoms. The molecule has 5 nitrogen and oxygen atoms in total. The Morgan fingerprint density at radius 1 is 1.35 bits per heavy atom. The Morgan fingerprint density at radius 2 is 2.06 bits per heavy atom. The number of hydrogen-bond acceptors (Lipinski definition) is 4. The van der Waals surface area contributed by atoms with E-state index >= 15 is 0 Å². The maximum absolute atomic E-state index is 11.7. The predicted octanol–water partition coefficient (Wildman–Crippen LogP) is 2.69. The maximum atomic E-state index is 11.7. The highest BCUT2D eigenvalue weighted by Crippen LogP contribution is 2.22. The minimum atomic E-state index is -0.521. The molecule has 0 bridgehead atoms. The molecular formula is C12H13NO4. The smallest absolute Gasteiger partial charge is 0.338 e. The molecule has 0 spiro atoms. The number of nitro benzene ring substituents is 1. The molecule has 0 atom stereocenters. The molecular weight excluding hydrogens is 222 g/mol. The molecule has 0 radical (unpaired) electrons. The van der Waals surface area contributed by atoms with Gasteiger partial charge in [0.15, 0.2) is 0 Å². The average molecular weight is 235 g/mol. The Labute approximate surface area is 98.5 Å². The Balaban J connectivity index is 2.07. The van der Waals surface area contributed by atoms with Gasteiger partial charge in [-0.15, -0.1) is 0 Å². The van der Waals surface area contributed by atoms with Crippen molar-refractivity contribution in [2.24, 2.45) is 0 Å². The molecule has 5 heteroatoms. The third-order valence-corrected chi connectivity index (χ3v) is 2.87. The first-order valence-corrected chi connectivity index (χ1v) is 5.62. The average Bonchev–Trinajstić information content (AvgIpc) is 2.82. The van der Waals surface area contributed by atoms with Crippen LogP contribution in [-0.2, 0) is 4.74 Å². The lowest BCUT2D eigenvalue weighted by atomic mass is 10.2. The van der Waals surface area contributed by atoms with Crippen molar-refractivity contribution < 1.29 is 14.5 Å². The summed E-state index contributed by atoms with van der Waals surface area (Å²) in [5, 5.41) is 10.6. The Morgan fingerprint density at radius 3 is 2.71 bits per heavy atom. The summed E-state index contributed by atoms with van der Waals surface area (Å²) in [4.78, 5) is 21.8. The van der Waals surface area contributed by atoms with Crippen LogP contribution >= 0.6 is 0 Å². The lowest BCUT2D eigenvalue weighted by Gasteiger charge is -2.10. The van der Waals surface area contributed by atoms with Gasteiger partial charge in [-0.3, -0.25) is 10.1 Å². The number of nitro groups is 1. The molecule has 1 saturated carbocycles. The standard InChI is InChI=1S/C12H13NO4/c14-12(17-11-6-1-2-7-11)9-4-3-5-10(8-9)13(15)16/h3-5,8,11H,1-2,6-7H2. The van der Waals surface area contributed by atoms with Crippen molar-refractivity contribution in [2.75, 3.05) is 0 Å². The fourth-order valence-electron chi connectivity index (χ4n) is 1.97. The third kappa shape index (κ3) is 2.81. The van der Waals surface area contributed by atoms with E-state index in [4.69, 9.17) is 4.74 Å². The summed E-state index contributed by atoms with van der Waals surface area (Å²) in [6.45, 7) is 0. The van der Waals surface area contributed by atoms with Crippen molar-refractivity contribution in [1.82, 2.24) is 0 Å². The van der Waals surface area contributed by atoms with Crippen LogP contribution in [0, 0.1) is 10.1 Å². The van der Waals surface area contributed by atoms with Crippen molar-refractivity contribution in [3.05, 3.63) is 39.9 Å². The Kier molecular flexibility index (Phi) is 3.37. The van der Waals surface area contributed by atoms with Crippen LogP contribution in [0.2, 0.25) is 0 Å². The van der Waals surface area contributed by atoms with Gasteiger partial charge in [-0.2, -0.15) is 0 Å². The van der Waals surface area contributed by atoms with Gasteiger partial charge in [0, 0.05) is 12.1 Å². The topological polar surface area (TPSA) is 69.4 Å². The van der Waals surface area contributed by atoms with Crippen LogP contribution in [0.3, 0.4) is 0 Å². The van der Waals surface area contributed by atoms with Crippen molar-refractivity contribution in [1.29, 1.82) is 0 Å². The molecule has 2 rings (SSSR count). The molecule has 1 aliphatic rings. The normalized spacial score (nSPS) is 15.8. The number of hydrogen-bond donors (Lipinski definition) is 0. The largest absolute Gasteiger partial charge is 0.459 e. The molecule has 1 aromatic carbocycles. The number of nitrogens with zero attached hydrogens (tertiary/aromatic N) is 1. The predicted molar refractivity (Wildman–Crippen MR) is 60.8 cm³/mol.